The number of ketones is 1. The fourth-order valence-electron chi connectivity index (χ4n) is 1.75. The maximum Gasteiger partial charge on any atom is 0.187 e. The fraction of sp³-hybridized carbons (Fsp3) is 0.444. The standard InChI is InChI=1S/C9H10O2/c10-8-5-6-3-1-2-4-7(6)9(8)11/h1-2,4,6,8,10H,3,5H2/t6?,8-/m1/s1. The topological polar surface area (TPSA) is 37.3 Å². The van der Waals surface area contributed by atoms with Crippen LogP contribution in [0.1, 0.15) is 12.8 Å². The molecule has 0 heterocycles. The molecule has 0 aromatic carbocycles. The summed E-state index contributed by atoms with van der Waals surface area (Å²) in [6.07, 6.45) is 6.56. The van der Waals surface area contributed by atoms with Crippen molar-refractivity contribution in [1.82, 2.24) is 0 Å². The molecule has 2 nitrogen and oxygen atoms in total. The van der Waals surface area contributed by atoms with Crippen LogP contribution in [0.4, 0.5) is 0 Å². The smallest absolute Gasteiger partial charge is 0.187 e. The van der Waals surface area contributed by atoms with Crippen LogP contribution >= 0.6 is 0 Å². The van der Waals surface area contributed by atoms with Gasteiger partial charge in [-0.05, 0) is 18.8 Å². The van der Waals surface area contributed by atoms with Gasteiger partial charge >= 0.3 is 0 Å². The Bertz CT molecular complexity index is 250. The van der Waals surface area contributed by atoms with Crippen LogP contribution in [-0.4, -0.2) is 17.0 Å². The zero-order valence-electron chi connectivity index (χ0n) is 6.16. The normalized spacial score (nSPS) is 35.4. The van der Waals surface area contributed by atoms with Gasteiger partial charge in [0.2, 0.25) is 0 Å². The molecule has 2 heteroatoms. The third-order valence-corrected chi connectivity index (χ3v) is 2.37. The summed E-state index contributed by atoms with van der Waals surface area (Å²) in [6, 6.07) is 0. The summed E-state index contributed by atoms with van der Waals surface area (Å²) in [6.45, 7) is 0. The van der Waals surface area contributed by atoms with E-state index in [9.17, 15) is 9.90 Å². The predicted molar refractivity (Wildman–Crippen MR) is 41.0 cm³/mol. The first-order valence-electron chi connectivity index (χ1n) is 3.88. The van der Waals surface area contributed by atoms with Gasteiger partial charge in [0.25, 0.3) is 0 Å². The van der Waals surface area contributed by atoms with E-state index < -0.39 is 6.10 Å². The number of carbonyl (C=O) groups is 1. The SMILES string of the molecule is O=C1C2=CC=CCC2C[C@H]1O. The predicted octanol–water partition coefficient (Wildman–Crippen LogP) is 0.823. The Morgan fingerprint density at radius 3 is 3.09 bits per heavy atom. The van der Waals surface area contributed by atoms with E-state index in [1.165, 1.54) is 0 Å². The van der Waals surface area contributed by atoms with Gasteiger partial charge in [0.15, 0.2) is 5.78 Å². The first-order valence-corrected chi connectivity index (χ1v) is 3.88. The van der Waals surface area contributed by atoms with E-state index in [-0.39, 0.29) is 5.78 Å². The lowest BCUT2D eigenvalue weighted by Gasteiger charge is -2.09. The molecule has 2 aliphatic rings. The minimum absolute atomic E-state index is 0.0700. The van der Waals surface area contributed by atoms with Crippen LogP contribution in [0.2, 0.25) is 0 Å². The molecule has 2 atom stereocenters. The molecule has 0 saturated heterocycles. The Morgan fingerprint density at radius 2 is 2.36 bits per heavy atom. The molecular formula is C9H10O2. The number of aliphatic hydroxyl groups is 1. The number of aliphatic hydroxyl groups excluding tert-OH is 1. The van der Waals surface area contributed by atoms with Crippen molar-refractivity contribution in [2.24, 2.45) is 5.92 Å². The van der Waals surface area contributed by atoms with Crippen molar-refractivity contribution in [2.75, 3.05) is 0 Å². The lowest BCUT2D eigenvalue weighted by molar-refractivity contribution is -0.121. The molecule has 58 valence electrons. The van der Waals surface area contributed by atoms with Crippen molar-refractivity contribution < 1.29 is 9.90 Å². The molecule has 1 fully saturated rings. The van der Waals surface area contributed by atoms with Gasteiger partial charge in [-0.1, -0.05) is 18.2 Å². The van der Waals surface area contributed by atoms with Crippen molar-refractivity contribution in [3.05, 3.63) is 23.8 Å². The van der Waals surface area contributed by atoms with Crippen LogP contribution in [0.3, 0.4) is 0 Å². The summed E-state index contributed by atoms with van der Waals surface area (Å²) in [5, 5.41) is 9.21. The zero-order chi connectivity index (χ0) is 7.84. The van der Waals surface area contributed by atoms with Crippen LogP contribution in [-0.2, 0) is 4.79 Å². The molecule has 1 saturated carbocycles. The van der Waals surface area contributed by atoms with E-state index in [0.29, 0.717) is 12.3 Å². The van der Waals surface area contributed by atoms with Crippen LogP contribution in [0.15, 0.2) is 23.8 Å². The highest BCUT2D eigenvalue weighted by Crippen LogP contribution is 2.33. The molecule has 0 amide bonds. The number of rotatable bonds is 0. The van der Waals surface area contributed by atoms with Crippen molar-refractivity contribution >= 4 is 5.78 Å². The molecule has 0 radical (unpaired) electrons. The van der Waals surface area contributed by atoms with Gasteiger partial charge in [0.1, 0.15) is 6.10 Å². The van der Waals surface area contributed by atoms with Gasteiger partial charge in [-0.3, -0.25) is 4.79 Å². The van der Waals surface area contributed by atoms with E-state index in [0.717, 1.165) is 12.0 Å². The van der Waals surface area contributed by atoms with Crippen LogP contribution in [0.25, 0.3) is 0 Å². The summed E-state index contributed by atoms with van der Waals surface area (Å²) in [7, 11) is 0. The van der Waals surface area contributed by atoms with E-state index in [1.807, 2.05) is 18.2 Å². The van der Waals surface area contributed by atoms with Gasteiger partial charge in [-0.25, -0.2) is 0 Å². The molecule has 0 aromatic heterocycles. The molecule has 2 rings (SSSR count). The summed E-state index contributed by atoms with van der Waals surface area (Å²) < 4.78 is 0. The lowest BCUT2D eigenvalue weighted by atomic mass is 9.95. The molecule has 1 N–H and O–H groups in total. The van der Waals surface area contributed by atoms with E-state index in [4.69, 9.17) is 0 Å². The third-order valence-electron chi connectivity index (χ3n) is 2.37. The Hall–Kier alpha value is -0.890. The number of fused-ring (bicyclic) bond motifs is 1. The van der Waals surface area contributed by atoms with Gasteiger partial charge in [-0.15, -0.1) is 0 Å². The van der Waals surface area contributed by atoms with Crippen molar-refractivity contribution in [3.63, 3.8) is 0 Å². The van der Waals surface area contributed by atoms with E-state index in [1.54, 1.807) is 0 Å². The molecule has 2 aliphatic carbocycles. The molecule has 11 heavy (non-hydrogen) atoms. The maximum atomic E-state index is 11.2. The van der Waals surface area contributed by atoms with Crippen molar-refractivity contribution in [2.45, 2.75) is 18.9 Å². The Balaban J connectivity index is 2.33. The van der Waals surface area contributed by atoms with E-state index >= 15 is 0 Å². The summed E-state index contributed by atoms with van der Waals surface area (Å²) in [5.41, 5.74) is 0.819. The Morgan fingerprint density at radius 1 is 1.55 bits per heavy atom. The fourth-order valence-corrected chi connectivity index (χ4v) is 1.75. The number of Topliss-reactive ketones (excluding diaryl/α,β-unsaturated/α-hetero) is 1. The summed E-state index contributed by atoms with van der Waals surface area (Å²) >= 11 is 0. The molecular weight excluding hydrogens is 140 g/mol. The maximum absolute atomic E-state index is 11.2. The first kappa shape index (κ1) is 6.80. The molecule has 0 bridgehead atoms. The van der Waals surface area contributed by atoms with Crippen LogP contribution < -0.4 is 0 Å². The molecule has 0 aliphatic heterocycles. The Labute approximate surface area is 65.2 Å². The Kier molecular flexibility index (Phi) is 1.43. The second-order valence-electron chi connectivity index (χ2n) is 3.10. The number of hydrogen-bond donors (Lipinski definition) is 1. The second-order valence-corrected chi connectivity index (χ2v) is 3.10. The molecule has 0 spiro atoms. The summed E-state index contributed by atoms with van der Waals surface area (Å²) in [5.74, 6) is 0.224. The van der Waals surface area contributed by atoms with Gasteiger partial charge in [0.05, 0.1) is 0 Å². The minimum atomic E-state index is -0.730. The average Bonchev–Trinajstić information content (AvgIpc) is 2.30. The highest BCUT2D eigenvalue weighted by Gasteiger charge is 2.35. The quantitative estimate of drug-likeness (QED) is 0.555. The van der Waals surface area contributed by atoms with Crippen molar-refractivity contribution in [1.29, 1.82) is 0 Å². The zero-order valence-corrected chi connectivity index (χ0v) is 6.16. The number of carbonyl (C=O) groups excluding carboxylic acids is 1. The lowest BCUT2D eigenvalue weighted by Crippen LogP contribution is -2.12. The highest BCUT2D eigenvalue weighted by molar-refractivity contribution is 6.01. The monoisotopic (exact) mass is 150 g/mol. The number of allylic oxidation sites excluding steroid dienone is 3. The van der Waals surface area contributed by atoms with Gasteiger partial charge in [0, 0.05) is 5.57 Å². The molecule has 1 unspecified atom stereocenters. The summed E-state index contributed by atoms with van der Waals surface area (Å²) in [4.78, 5) is 11.2. The van der Waals surface area contributed by atoms with E-state index in [2.05, 4.69) is 0 Å². The third kappa shape index (κ3) is 0.942. The molecule has 0 aromatic rings. The number of hydrogen-bond acceptors (Lipinski definition) is 2. The second kappa shape index (κ2) is 2.31. The first-order chi connectivity index (χ1) is 5.29. The van der Waals surface area contributed by atoms with Crippen LogP contribution in [0.5, 0.6) is 0 Å². The highest BCUT2D eigenvalue weighted by atomic mass is 16.3. The van der Waals surface area contributed by atoms with Gasteiger partial charge in [-0.2, -0.15) is 0 Å². The largest absolute Gasteiger partial charge is 0.385 e. The van der Waals surface area contributed by atoms with Gasteiger partial charge < -0.3 is 5.11 Å². The minimum Gasteiger partial charge on any atom is -0.385 e. The average molecular weight is 150 g/mol. The van der Waals surface area contributed by atoms with Crippen molar-refractivity contribution in [3.8, 4) is 0 Å². The van der Waals surface area contributed by atoms with Crippen LogP contribution in [0, 0.1) is 5.92 Å².